The molecule has 2 aliphatic rings. The quantitative estimate of drug-likeness (QED) is 0.606. The molecule has 0 N–H and O–H groups in total. The van der Waals surface area contributed by atoms with E-state index >= 15 is 0 Å². The molecule has 0 fully saturated rings. The molecule has 3 rings (SSSR count). The maximum absolute atomic E-state index is 9.55. The molecule has 2 atom stereocenters. The van der Waals surface area contributed by atoms with Crippen LogP contribution in [0.15, 0.2) is 6.07 Å². The fourth-order valence-electron chi connectivity index (χ4n) is 4.03. The Morgan fingerprint density at radius 1 is 1.36 bits per heavy atom. The maximum atomic E-state index is 9.55. The molecule has 0 saturated heterocycles. The fourth-order valence-corrected chi connectivity index (χ4v) is 4.62. The third-order valence-electron chi connectivity index (χ3n) is 4.97. The largest absolute Gasteiger partial charge is 0.493 e. The zero-order valence-corrected chi connectivity index (χ0v) is 14.6. The van der Waals surface area contributed by atoms with Gasteiger partial charge in [0.1, 0.15) is 0 Å². The van der Waals surface area contributed by atoms with Crippen molar-refractivity contribution in [2.75, 3.05) is 26.1 Å². The van der Waals surface area contributed by atoms with Crippen LogP contribution in [-0.4, -0.2) is 31.0 Å². The van der Waals surface area contributed by atoms with Gasteiger partial charge in [-0.05, 0) is 48.8 Å². The Labute approximate surface area is 140 Å². The molecule has 0 aromatic heterocycles. The van der Waals surface area contributed by atoms with E-state index in [1.54, 1.807) is 14.2 Å². The molecule has 1 heterocycles. The van der Waals surface area contributed by atoms with Gasteiger partial charge in [-0.25, -0.2) is 0 Å². The van der Waals surface area contributed by atoms with E-state index in [4.69, 9.17) is 9.47 Å². The zero-order chi connectivity index (χ0) is 15.7. The van der Waals surface area contributed by atoms with Gasteiger partial charge in [0, 0.05) is 17.4 Å². The Hall–Kier alpha value is -1.41. The average molecular weight is 365 g/mol. The zero-order valence-electron chi connectivity index (χ0n) is 13.1. The van der Waals surface area contributed by atoms with Crippen LogP contribution < -0.4 is 9.47 Å². The van der Waals surface area contributed by atoms with E-state index in [2.05, 4.69) is 28.2 Å². The Bertz CT molecular complexity index is 612. The summed E-state index contributed by atoms with van der Waals surface area (Å²) in [5.41, 5.74) is 3.89. The van der Waals surface area contributed by atoms with Crippen LogP contribution in [0.5, 0.6) is 11.5 Å². The van der Waals surface area contributed by atoms with E-state index in [-0.39, 0.29) is 6.04 Å². The van der Waals surface area contributed by atoms with Crippen LogP contribution in [0.4, 0.5) is 0 Å². The minimum atomic E-state index is 0.190. The summed E-state index contributed by atoms with van der Waals surface area (Å²) >= 11 is 3.56. The van der Waals surface area contributed by atoms with Crippen molar-refractivity contribution >= 4 is 15.9 Å². The lowest BCUT2D eigenvalue weighted by molar-refractivity contribution is 0.173. The number of nitrogens with zero attached hydrogens (tertiary/aromatic N) is 2. The highest BCUT2D eigenvalue weighted by atomic mass is 79.9. The summed E-state index contributed by atoms with van der Waals surface area (Å²) in [4.78, 5) is 1.96. The SMILES string of the molecule is COc1cc2c3c(c1OC)CCC(CCBr)C3N(C#N)CC2. The van der Waals surface area contributed by atoms with E-state index in [0.29, 0.717) is 5.92 Å². The molecule has 1 aromatic rings. The number of hydrogen-bond donors (Lipinski definition) is 0. The highest BCUT2D eigenvalue weighted by Crippen LogP contribution is 2.50. The van der Waals surface area contributed by atoms with Crippen LogP contribution in [-0.2, 0) is 12.8 Å². The van der Waals surface area contributed by atoms with Crippen molar-refractivity contribution in [1.82, 2.24) is 4.90 Å². The van der Waals surface area contributed by atoms with Gasteiger partial charge in [-0.15, -0.1) is 0 Å². The van der Waals surface area contributed by atoms with Crippen molar-refractivity contribution in [1.29, 1.82) is 5.26 Å². The molecule has 1 aliphatic carbocycles. The van der Waals surface area contributed by atoms with Gasteiger partial charge in [0.2, 0.25) is 0 Å². The second-order valence-electron chi connectivity index (χ2n) is 5.93. The van der Waals surface area contributed by atoms with E-state index in [0.717, 1.165) is 49.1 Å². The van der Waals surface area contributed by atoms with Crippen molar-refractivity contribution in [3.8, 4) is 17.7 Å². The van der Waals surface area contributed by atoms with Gasteiger partial charge in [0.05, 0.1) is 20.3 Å². The first-order valence-electron chi connectivity index (χ1n) is 7.74. The molecule has 0 bridgehead atoms. The molecule has 5 heteroatoms. The summed E-state index contributed by atoms with van der Waals surface area (Å²) < 4.78 is 11.2. The maximum Gasteiger partial charge on any atom is 0.179 e. The van der Waals surface area contributed by atoms with Crippen LogP contribution in [0, 0.1) is 17.4 Å². The second kappa shape index (κ2) is 6.37. The number of nitriles is 1. The molecule has 0 amide bonds. The predicted molar refractivity (Wildman–Crippen MR) is 88.5 cm³/mol. The monoisotopic (exact) mass is 364 g/mol. The van der Waals surface area contributed by atoms with E-state index in [1.165, 1.54) is 16.7 Å². The van der Waals surface area contributed by atoms with Crippen LogP contribution in [0.25, 0.3) is 0 Å². The second-order valence-corrected chi connectivity index (χ2v) is 6.72. The molecule has 1 aromatic carbocycles. The summed E-state index contributed by atoms with van der Waals surface area (Å²) in [6.07, 6.45) is 6.48. The van der Waals surface area contributed by atoms with E-state index in [1.807, 2.05) is 4.90 Å². The standard InChI is InChI=1S/C17H21BrN2O2/c1-21-14-9-12-6-8-20(10-19)16-11(5-7-18)3-4-13(15(12)16)17(14)22-2/h9,11,16H,3-8H2,1-2H3. The molecule has 2 unspecified atom stereocenters. The van der Waals surface area contributed by atoms with Gasteiger partial charge in [0.15, 0.2) is 17.7 Å². The molecule has 4 nitrogen and oxygen atoms in total. The van der Waals surface area contributed by atoms with E-state index in [9.17, 15) is 5.26 Å². The Morgan fingerprint density at radius 2 is 2.18 bits per heavy atom. The molecule has 0 saturated carbocycles. The molecular weight excluding hydrogens is 344 g/mol. The lowest BCUT2D eigenvalue weighted by atomic mass is 9.73. The Morgan fingerprint density at radius 3 is 2.82 bits per heavy atom. The van der Waals surface area contributed by atoms with E-state index < -0.39 is 0 Å². The normalized spacial score (nSPS) is 22.7. The minimum Gasteiger partial charge on any atom is -0.493 e. The molecule has 0 spiro atoms. The topological polar surface area (TPSA) is 45.5 Å². The summed E-state index contributed by atoms with van der Waals surface area (Å²) in [6.45, 7) is 0.794. The fraction of sp³-hybridized carbons (Fsp3) is 0.588. The van der Waals surface area contributed by atoms with Crippen LogP contribution in [0.1, 0.15) is 35.6 Å². The first-order valence-corrected chi connectivity index (χ1v) is 8.86. The van der Waals surface area contributed by atoms with Crippen LogP contribution >= 0.6 is 15.9 Å². The lowest BCUT2D eigenvalue weighted by Gasteiger charge is -2.43. The third-order valence-corrected chi connectivity index (χ3v) is 5.43. The van der Waals surface area contributed by atoms with Gasteiger partial charge >= 0.3 is 0 Å². The highest BCUT2D eigenvalue weighted by Gasteiger charge is 2.39. The van der Waals surface area contributed by atoms with Gasteiger partial charge in [0.25, 0.3) is 0 Å². The number of halogens is 1. The van der Waals surface area contributed by atoms with Crippen LogP contribution in [0.3, 0.4) is 0 Å². The minimum absolute atomic E-state index is 0.190. The van der Waals surface area contributed by atoms with Gasteiger partial charge in [-0.2, -0.15) is 5.26 Å². The number of methoxy groups -OCH3 is 2. The molecule has 0 radical (unpaired) electrons. The van der Waals surface area contributed by atoms with Crippen molar-refractivity contribution in [2.24, 2.45) is 5.92 Å². The number of hydrogen-bond acceptors (Lipinski definition) is 4. The Balaban J connectivity index is 2.17. The summed E-state index contributed by atoms with van der Waals surface area (Å²) in [7, 11) is 3.39. The van der Waals surface area contributed by atoms with Crippen molar-refractivity contribution in [2.45, 2.75) is 31.7 Å². The van der Waals surface area contributed by atoms with Crippen molar-refractivity contribution < 1.29 is 9.47 Å². The highest BCUT2D eigenvalue weighted by molar-refractivity contribution is 9.09. The number of benzene rings is 1. The third kappa shape index (κ3) is 2.34. The smallest absolute Gasteiger partial charge is 0.179 e. The molecule has 118 valence electrons. The Kier molecular flexibility index (Phi) is 4.49. The predicted octanol–water partition coefficient (Wildman–Crippen LogP) is 3.43. The number of alkyl halides is 1. The van der Waals surface area contributed by atoms with Gasteiger partial charge in [-0.1, -0.05) is 15.9 Å². The summed E-state index contributed by atoms with van der Waals surface area (Å²) in [5.74, 6) is 2.19. The lowest BCUT2D eigenvalue weighted by Crippen LogP contribution is -2.39. The van der Waals surface area contributed by atoms with Gasteiger partial charge < -0.3 is 14.4 Å². The van der Waals surface area contributed by atoms with Gasteiger partial charge in [-0.3, -0.25) is 0 Å². The number of rotatable bonds is 4. The average Bonchev–Trinajstić information content (AvgIpc) is 2.56. The first-order chi connectivity index (χ1) is 10.7. The first kappa shape index (κ1) is 15.5. The molecule has 22 heavy (non-hydrogen) atoms. The van der Waals surface area contributed by atoms with Crippen molar-refractivity contribution in [3.05, 3.63) is 22.8 Å². The van der Waals surface area contributed by atoms with Crippen LogP contribution in [0.2, 0.25) is 0 Å². The molecular formula is C17H21BrN2O2. The number of ether oxygens (including phenoxy) is 2. The summed E-state index contributed by atoms with van der Waals surface area (Å²) in [5, 5.41) is 10.5. The summed E-state index contributed by atoms with van der Waals surface area (Å²) in [6, 6.07) is 2.30. The van der Waals surface area contributed by atoms with Crippen molar-refractivity contribution in [3.63, 3.8) is 0 Å². The molecule has 1 aliphatic heterocycles.